The second kappa shape index (κ2) is 10.8. The number of benzene rings is 3. The van der Waals surface area contributed by atoms with Gasteiger partial charge in [0.05, 0.1) is 12.7 Å². The molecule has 1 aliphatic heterocycles. The average Bonchev–Trinajstić information content (AvgIpc) is 2.91. The van der Waals surface area contributed by atoms with Crippen molar-refractivity contribution >= 4 is 23.4 Å². The molecule has 3 aromatic carbocycles. The van der Waals surface area contributed by atoms with E-state index in [2.05, 4.69) is 5.32 Å². The number of ether oxygens (including phenoxy) is 2. The molecule has 0 amide bonds. The van der Waals surface area contributed by atoms with Crippen molar-refractivity contribution in [1.29, 1.82) is 0 Å². The zero-order valence-corrected chi connectivity index (χ0v) is 21.9. The van der Waals surface area contributed by atoms with Crippen LogP contribution >= 0.6 is 11.6 Å². The molecule has 1 heterocycles. The summed E-state index contributed by atoms with van der Waals surface area (Å²) in [4.78, 5) is 27.3. The van der Waals surface area contributed by atoms with E-state index in [0.29, 0.717) is 33.9 Å². The fourth-order valence-corrected chi connectivity index (χ4v) is 5.50. The number of dihydropyridines is 1. The topological polar surface area (TPSA) is 84.9 Å². The molecule has 0 saturated heterocycles. The minimum absolute atomic E-state index is 0.0569. The quantitative estimate of drug-likeness (QED) is 0.372. The molecule has 0 radical (unpaired) electrons. The summed E-state index contributed by atoms with van der Waals surface area (Å²) in [6.45, 7) is 1.88. The van der Waals surface area contributed by atoms with Crippen molar-refractivity contribution < 1.29 is 24.2 Å². The minimum Gasteiger partial charge on any atom is -0.508 e. The van der Waals surface area contributed by atoms with Gasteiger partial charge < -0.3 is 19.9 Å². The van der Waals surface area contributed by atoms with E-state index in [1.807, 2.05) is 37.3 Å². The van der Waals surface area contributed by atoms with Crippen LogP contribution in [-0.2, 0) is 20.9 Å². The van der Waals surface area contributed by atoms with Gasteiger partial charge in [0, 0.05) is 40.2 Å². The van der Waals surface area contributed by atoms with Gasteiger partial charge in [0.25, 0.3) is 0 Å². The summed E-state index contributed by atoms with van der Waals surface area (Å²) in [5.74, 6) is -0.510. The van der Waals surface area contributed by atoms with Crippen LogP contribution in [-0.4, -0.2) is 24.0 Å². The molecule has 1 aliphatic carbocycles. The zero-order valence-electron chi connectivity index (χ0n) is 21.2. The molecule has 0 spiro atoms. The van der Waals surface area contributed by atoms with E-state index in [1.165, 1.54) is 0 Å². The molecule has 6 nitrogen and oxygen atoms in total. The first-order valence-corrected chi connectivity index (χ1v) is 12.8. The molecular formula is C31H28ClNO5. The van der Waals surface area contributed by atoms with Crippen LogP contribution in [0.15, 0.2) is 95.3 Å². The lowest BCUT2D eigenvalue weighted by Gasteiger charge is -2.37. The zero-order chi connectivity index (χ0) is 26.8. The van der Waals surface area contributed by atoms with Gasteiger partial charge in [-0.1, -0.05) is 54.1 Å². The number of esters is 1. The molecule has 7 heteroatoms. The highest BCUT2D eigenvalue weighted by molar-refractivity contribution is 6.30. The van der Waals surface area contributed by atoms with Crippen molar-refractivity contribution in [1.82, 2.24) is 5.32 Å². The van der Waals surface area contributed by atoms with E-state index < -0.39 is 11.9 Å². The van der Waals surface area contributed by atoms with Gasteiger partial charge in [0.2, 0.25) is 0 Å². The van der Waals surface area contributed by atoms with Crippen LogP contribution in [0.4, 0.5) is 0 Å². The number of aromatic hydroxyl groups is 1. The van der Waals surface area contributed by atoms with Gasteiger partial charge in [0.15, 0.2) is 5.78 Å². The number of methoxy groups -OCH3 is 1. The highest BCUT2D eigenvalue weighted by Gasteiger charge is 2.42. The number of hydrogen-bond acceptors (Lipinski definition) is 6. The number of phenols is 1. The number of carbonyl (C=O) groups is 2. The summed E-state index contributed by atoms with van der Waals surface area (Å²) in [6, 6.07) is 21.5. The first-order valence-electron chi connectivity index (χ1n) is 12.4. The molecule has 0 unspecified atom stereocenters. The van der Waals surface area contributed by atoms with Crippen LogP contribution in [0.25, 0.3) is 0 Å². The predicted molar refractivity (Wildman–Crippen MR) is 145 cm³/mol. The van der Waals surface area contributed by atoms with E-state index in [9.17, 15) is 14.7 Å². The van der Waals surface area contributed by atoms with Gasteiger partial charge in [-0.2, -0.15) is 0 Å². The van der Waals surface area contributed by atoms with Crippen molar-refractivity contribution in [2.24, 2.45) is 0 Å². The monoisotopic (exact) mass is 529 g/mol. The molecule has 194 valence electrons. The summed E-state index contributed by atoms with van der Waals surface area (Å²) in [5.41, 5.74) is 4.70. The third-order valence-corrected chi connectivity index (χ3v) is 7.36. The lowest BCUT2D eigenvalue weighted by molar-refractivity contribution is -0.140. The molecule has 0 aromatic heterocycles. The summed E-state index contributed by atoms with van der Waals surface area (Å²) in [5, 5.41) is 14.2. The number of hydrogen-bond donors (Lipinski definition) is 2. The lowest BCUT2D eigenvalue weighted by atomic mass is 9.71. The molecule has 0 bridgehead atoms. The Morgan fingerprint density at radius 3 is 2.55 bits per heavy atom. The fourth-order valence-electron chi connectivity index (χ4n) is 5.38. The molecule has 0 saturated carbocycles. The Hall–Kier alpha value is -4.03. The number of para-hydroxylation sites is 1. The first kappa shape index (κ1) is 25.6. The highest BCUT2D eigenvalue weighted by Crippen LogP contribution is 2.47. The minimum atomic E-state index is -0.665. The second-order valence-electron chi connectivity index (χ2n) is 9.56. The number of rotatable bonds is 6. The molecule has 3 aromatic rings. The van der Waals surface area contributed by atoms with Crippen molar-refractivity contribution in [3.8, 4) is 11.5 Å². The van der Waals surface area contributed by atoms with Crippen LogP contribution in [0.3, 0.4) is 0 Å². The summed E-state index contributed by atoms with van der Waals surface area (Å²) >= 11 is 5.97. The maximum absolute atomic E-state index is 13.8. The Morgan fingerprint density at radius 2 is 1.82 bits per heavy atom. The predicted octanol–water partition coefficient (Wildman–Crippen LogP) is 6.16. The molecule has 2 atom stereocenters. The number of carbonyl (C=O) groups excluding carboxylic acids is 2. The maximum atomic E-state index is 13.8. The highest BCUT2D eigenvalue weighted by atomic mass is 35.5. The van der Waals surface area contributed by atoms with Gasteiger partial charge >= 0.3 is 5.97 Å². The van der Waals surface area contributed by atoms with Gasteiger partial charge in [-0.3, -0.25) is 4.79 Å². The van der Waals surface area contributed by atoms with Crippen LogP contribution in [0, 0.1) is 0 Å². The molecule has 0 fully saturated rings. The van der Waals surface area contributed by atoms with Crippen molar-refractivity contribution in [2.45, 2.75) is 38.2 Å². The van der Waals surface area contributed by atoms with Gasteiger partial charge in [-0.05, 0) is 60.4 Å². The molecule has 2 N–H and O–H groups in total. The van der Waals surface area contributed by atoms with E-state index in [0.717, 1.165) is 22.6 Å². The Kier molecular flexibility index (Phi) is 7.25. The Morgan fingerprint density at radius 1 is 1.05 bits per heavy atom. The van der Waals surface area contributed by atoms with Gasteiger partial charge in [-0.25, -0.2) is 4.79 Å². The Bertz CT molecular complexity index is 1460. The molecular weight excluding hydrogens is 502 g/mol. The van der Waals surface area contributed by atoms with Gasteiger partial charge in [-0.15, -0.1) is 0 Å². The van der Waals surface area contributed by atoms with E-state index in [4.69, 9.17) is 21.1 Å². The van der Waals surface area contributed by atoms with Crippen LogP contribution < -0.4 is 10.1 Å². The normalized spacial score (nSPS) is 19.1. The van der Waals surface area contributed by atoms with Crippen molar-refractivity contribution in [3.05, 3.63) is 117 Å². The summed E-state index contributed by atoms with van der Waals surface area (Å²) in [7, 11) is 1.62. The number of halogens is 1. The second-order valence-corrected chi connectivity index (χ2v) is 9.99. The van der Waals surface area contributed by atoms with Gasteiger partial charge in [0.1, 0.15) is 18.1 Å². The third kappa shape index (κ3) is 5.04. The van der Waals surface area contributed by atoms with Crippen LogP contribution in [0.2, 0.25) is 5.02 Å². The third-order valence-electron chi connectivity index (χ3n) is 7.11. The number of phenolic OH excluding ortho intramolecular Hbond substituents is 1. The number of allylic oxidation sites excluding steroid dienone is 3. The Labute approximate surface area is 226 Å². The number of ketones is 1. The van der Waals surface area contributed by atoms with Crippen molar-refractivity contribution in [2.75, 3.05) is 7.11 Å². The lowest BCUT2D eigenvalue weighted by Crippen LogP contribution is -2.36. The average molecular weight is 530 g/mol. The number of Topliss-reactive ketones (excluding diaryl/α,β-unsaturated/α-hetero) is 1. The summed E-state index contributed by atoms with van der Waals surface area (Å²) in [6.07, 6.45) is 0.865. The Balaban J connectivity index is 1.51. The fraction of sp³-hybridized carbons (Fsp3) is 0.226. The largest absolute Gasteiger partial charge is 0.508 e. The van der Waals surface area contributed by atoms with E-state index in [-0.39, 0.29) is 30.5 Å². The van der Waals surface area contributed by atoms with E-state index in [1.54, 1.807) is 49.6 Å². The standard InChI is InChI=1S/C31H28ClNO5/c1-18-28(31(36)38-17-19-10-12-22(32)13-11-19)29(20-6-5-7-23(34)14-20)30-25(33-18)15-21(16-26(30)35)24-8-3-4-9-27(24)37-2/h3-14,21,29,33-34H,15-17H2,1-2H3/t21-,29-/m1/s1. The maximum Gasteiger partial charge on any atom is 0.337 e. The number of nitrogens with one attached hydrogen (secondary N) is 1. The molecule has 2 aliphatic rings. The SMILES string of the molecule is COc1ccccc1[C@H]1CC(=O)C2=C(C1)NC(C)=C(C(=O)OCc1ccc(Cl)cc1)[C@H]2c1cccc(O)c1. The van der Waals surface area contributed by atoms with Crippen molar-refractivity contribution in [3.63, 3.8) is 0 Å². The van der Waals surface area contributed by atoms with Crippen LogP contribution in [0.1, 0.15) is 48.3 Å². The molecule has 5 rings (SSSR count). The van der Waals surface area contributed by atoms with E-state index >= 15 is 0 Å². The summed E-state index contributed by atoms with van der Waals surface area (Å²) < 4.78 is 11.3. The van der Waals surface area contributed by atoms with Crippen LogP contribution in [0.5, 0.6) is 11.5 Å². The molecule has 38 heavy (non-hydrogen) atoms. The smallest absolute Gasteiger partial charge is 0.337 e. The first-order chi connectivity index (χ1) is 18.4.